The number of hydrazine groups is 1. The average Bonchev–Trinajstić information content (AvgIpc) is 1.82. The van der Waals surface area contributed by atoms with Crippen molar-refractivity contribution in [3.63, 3.8) is 0 Å². The van der Waals surface area contributed by atoms with Crippen molar-refractivity contribution in [2.24, 2.45) is 5.84 Å². The fourth-order valence-electron chi connectivity index (χ4n) is 0.346. The second-order valence-electron chi connectivity index (χ2n) is 2.17. The van der Waals surface area contributed by atoms with Crippen molar-refractivity contribution < 1.29 is 4.39 Å². The van der Waals surface area contributed by atoms with Gasteiger partial charge in [0.1, 0.15) is 6.17 Å². The van der Waals surface area contributed by atoms with Crippen LogP contribution in [0.15, 0.2) is 24.4 Å². The lowest BCUT2D eigenvalue weighted by atomic mass is 10.2. The lowest BCUT2D eigenvalue weighted by Crippen LogP contribution is -2.18. The number of hydrogen-bond acceptors (Lipinski definition) is 2. The van der Waals surface area contributed by atoms with Crippen LogP contribution in [0.2, 0.25) is 0 Å². The molecule has 0 bridgehead atoms. The number of nitrogens with zero attached hydrogens (tertiary/aromatic N) is 1. The molecule has 0 fully saturated rings. The van der Waals surface area contributed by atoms with Crippen LogP contribution in [0.25, 0.3) is 0 Å². The highest BCUT2D eigenvalue weighted by atomic mass is 19.1. The van der Waals surface area contributed by atoms with Gasteiger partial charge < -0.3 is 5.01 Å². The van der Waals surface area contributed by atoms with Gasteiger partial charge >= 0.3 is 0 Å². The van der Waals surface area contributed by atoms with Crippen LogP contribution >= 0.6 is 0 Å². The van der Waals surface area contributed by atoms with Crippen molar-refractivity contribution in [3.05, 3.63) is 24.4 Å². The van der Waals surface area contributed by atoms with E-state index in [4.69, 9.17) is 5.84 Å². The highest BCUT2D eigenvalue weighted by molar-refractivity contribution is 5.17. The first kappa shape index (κ1) is 9.17. The van der Waals surface area contributed by atoms with E-state index in [0.717, 1.165) is 0 Å². The highest BCUT2D eigenvalue weighted by Gasteiger charge is 1.97. The van der Waals surface area contributed by atoms with E-state index in [2.05, 4.69) is 6.58 Å². The van der Waals surface area contributed by atoms with Crippen LogP contribution < -0.4 is 5.84 Å². The minimum atomic E-state index is -1.00. The van der Waals surface area contributed by atoms with Crippen LogP contribution in [0, 0.1) is 0 Å². The van der Waals surface area contributed by atoms with Gasteiger partial charge in [-0.05, 0) is 18.6 Å². The first-order valence-corrected chi connectivity index (χ1v) is 3.02. The summed E-state index contributed by atoms with van der Waals surface area (Å²) in [5.41, 5.74) is 0.428. The number of alkyl halides is 1. The fraction of sp³-hybridized carbons (Fsp3) is 0.429. The lowest BCUT2D eigenvalue weighted by Gasteiger charge is -2.04. The van der Waals surface area contributed by atoms with Crippen LogP contribution in [0.3, 0.4) is 0 Å². The molecule has 1 atom stereocenters. The van der Waals surface area contributed by atoms with Crippen LogP contribution in [0.4, 0.5) is 4.39 Å². The second kappa shape index (κ2) is 4.06. The molecule has 0 aliphatic rings. The maximum Gasteiger partial charge on any atom is 0.122 e. The second-order valence-corrected chi connectivity index (χ2v) is 2.17. The number of halogens is 1. The summed E-state index contributed by atoms with van der Waals surface area (Å²) in [5, 5.41) is 1.34. The molecule has 2 N–H and O–H groups in total. The normalized spacial score (nSPS) is 13.6. The van der Waals surface area contributed by atoms with Crippen LogP contribution in [0.5, 0.6) is 0 Å². The minimum absolute atomic E-state index is 0.428. The van der Waals surface area contributed by atoms with Crippen LogP contribution in [-0.2, 0) is 0 Å². The fourth-order valence-corrected chi connectivity index (χ4v) is 0.346. The van der Waals surface area contributed by atoms with Crippen molar-refractivity contribution >= 4 is 0 Å². The van der Waals surface area contributed by atoms with E-state index in [1.54, 1.807) is 19.3 Å². The monoisotopic (exact) mass is 144 g/mol. The van der Waals surface area contributed by atoms with Crippen molar-refractivity contribution in [1.29, 1.82) is 0 Å². The molecule has 3 heteroatoms. The van der Waals surface area contributed by atoms with Gasteiger partial charge in [-0.3, -0.25) is 0 Å². The first-order chi connectivity index (χ1) is 4.54. The molecule has 0 aliphatic carbocycles. The van der Waals surface area contributed by atoms with Crippen molar-refractivity contribution in [1.82, 2.24) is 5.01 Å². The predicted molar refractivity (Wildman–Crippen MR) is 40.8 cm³/mol. The molecule has 0 amide bonds. The Labute approximate surface area is 60.8 Å². The van der Waals surface area contributed by atoms with E-state index in [-0.39, 0.29) is 0 Å². The number of rotatable bonds is 3. The highest BCUT2D eigenvalue weighted by Crippen LogP contribution is 2.03. The van der Waals surface area contributed by atoms with Gasteiger partial charge in [0.25, 0.3) is 0 Å². The summed E-state index contributed by atoms with van der Waals surface area (Å²) in [7, 11) is 1.66. The molecular formula is C7H13FN2. The van der Waals surface area contributed by atoms with Gasteiger partial charge in [0, 0.05) is 13.2 Å². The summed E-state index contributed by atoms with van der Waals surface area (Å²) in [4.78, 5) is 0. The Morgan fingerprint density at radius 1 is 1.80 bits per heavy atom. The summed E-state index contributed by atoms with van der Waals surface area (Å²) < 4.78 is 12.3. The molecule has 0 aromatic rings. The van der Waals surface area contributed by atoms with Gasteiger partial charge in [0.2, 0.25) is 0 Å². The molecule has 0 aromatic heterocycles. The predicted octanol–water partition coefficient (Wildman–Crippen LogP) is 1.22. The number of hydrogen-bond donors (Lipinski definition) is 1. The average molecular weight is 144 g/mol. The molecule has 10 heavy (non-hydrogen) atoms. The molecule has 1 unspecified atom stereocenters. The van der Waals surface area contributed by atoms with Crippen LogP contribution in [0.1, 0.15) is 6.92 Å². The minimum Gasteiger partial charge on any atom is -0.321 e. The zero-order valence-electron chi connectivity index (χ0n) is 6.34. The van der Waals surface area contributed by atoms with Gasteiger partial charge in [0.05, 0.1) is 0 Å². The lowest BCUT2D eigenvalue weighted by molar-refractivity contribution is 0.416. The Morgan fingerprint density at radius 3 is 2.60 bits per heavy atom. The largest absolute Gasteiger partial charge is 0.321 e. The summed E-state index contributed by atoms with van der Waals surface area (Å²) in [5.74, 6) is 5.22. The van der Waals surface area contributed by atoms with Gasteiger partial charge in [0.15, 0.2) is 0 Å². The topological polar surface area (TPSA) is 29.3 Å². The molecule has 0 heterocycles. The van der Waals surface area contributed by atoms with Crippen molar-refractivity contribution in [2.75, 3.05) is 7.05 Å². The maximum absolute atomic E-state index is 12.3. The van der Waals surface area contributed by atoms with Gasteiger partial charge in [-0.15, -0.1) is 0 Å². The Hall–Kier alpha value is -0.830. The molecule has 2 nitrogen and oxygen atoms in total. The summed E-state index contributed by atoms with van der Waals surface area (Å²) in [6.07, 6.45) is 2.10. The van der Waals surface area contributed by atoms with Gasteiger partial charge in [-0.2, -0.15) is 0 Å². The summed E-state index contributed by atoms with van der Waals surface area (Å²) >= 11 is 0. The molecule has 0 saturated carbocycles. The zero-order chi connectivity index (χ0) is 8.15. The Bertz CT molecular complexity index is 139. The Balaban J connectivity index is 3.79. The molecule has 0 aliphatic heterocycles. The van der Waals surface area contributed by atoms with E-state index >= 15 is 0 Å². The first-order valence-electron chi connectivity index (χ1n) is 3.02. The summed E-state index contributed by atoms with van der Waals surface area (Å²) in [6, 6.07) is 0. The molecule has 0 rings (SSSR count). The third-order valence-electron chi connectivity index (χ3n) is 1.03. The summed E-state index contributed by atoms with van der Waals surface area (Å²) in [6.45, 7) is 4.92. The quantitative estimate of drug-likeness (QED) is 0.366. The SMILES string of the molecule is C=C(/C=C\N(C)N)C(C)F. The molecular weight excluding hydrogens is 131 g/mol. The van der Waals surface area contributed by atoms with Gasteiger partial charge in [-0.25, -0.2) is 10.2 Å². The van der Waals surface area contributed by atoms with Crippen LogP contribution in [-0.4, -0.2) is 18.2 Å². The van der Waals surface area contributed by atoms with E-state index in [9.17, 15) is 4.39 Å². The number of allylic oxidation sites excluding steroid dienone is 2. The van der Waals surface area contributed by atoms with E-state index < -0.39 is 6.17 Å². The van der Waals surface area contributed by atoms with E-state index in [1.165, 1.54) is 11.9 Å². The molecule has 0 saturated heterocycles. The van der Waals surface area contributed by atoms with E-state index in [1.807, 2.05) is 0 Å². The molecule has 0 aromatic carbocycles. The number of nitrogens with two attached hydrogens (primary N) is 1. The molecule has 0 spiro atoms. The van der Waals surface area contributed by atoms with Crippen molar-refractivity contribution in [3.8, 4) is 0 Å². The van der Waals surface area contributed by atoms with E-state index in [0.29, 0.717) is 5.57 Å². The standard InChI is InChI=1S/C7H13FN2/c1-6(7(2)8)4-5-10(3)9/h4-5,7H,1,9H2,2-3H3/b5-4-. The van der Waals surface area contributed by atoms with Gasteiger partial charge in [-0.1, -0.05) is 6.58 Å². The third kappa shape index (κ3) is 4.09. The van der Waals surface area contributed by atoms with Crippen molar-refractivity contribution in [2.45, 2.75) is 13.1 Å². The third-order valence-corrected chi connectivity index (χ3v) is 1.03. The Morgan fingerprint density at radius 2 is 2.30 bits per heavy atom. The zero-order valence-corrected chi connectivity index (χ0v) is 6.34. The smallest absolute Gasteiger partial charge is 0.122 e. The Kier molecular flexibility index (Phi) is 3.72. The molecule has 0 radical (unpaired) electrons. The maximum atomic E-state index is 12.3. The molecule has 58 valence electrons.